The fourth-order valence-corrected chi connectivity index (χ4v) is 4.98. The number of aromatic nitrogens is 5. The van der Waals surface area contributed by atoms with E-state index in [4.69, 9.17) is 9.26 Å². The third kappa shape index (κ3) is 4.78. The third-order valence-electron chi connectivity index (χ3n) is 5.85. The van der Waals surface area contributed by atoms with E-state index in [9.17, 15) is 4.39 Å². The monoisotopic (exact) mass is 465 g/mol. The number of nitrogens with zero attached hydrogens (tertiary/aromatic N) is 5. The molecule has 0 amide bonds. The van der Waals surface area contributed by atoms with Crippen LogP contribution < -0.4 is 4.74 Å². The van der Waals surface area contributed by atoms with Crippen molar-refractivity contribution >= 4 is 11.8 Å². The normalized spacial score (nSPS) is 14.5. The van der Waals surface area contributed by atoms with Gasteiger partial charge in [-0.1, -0.05) is 36.2 Å². The molecule has 7 nitrogen and oxygen atoms in total. The Morgan fingerprint density at radius 1 is 1.00 bits per heavy atom. The van der Waals surface area contributed by atoms with E-state index in [1.165, 1.54) is 43.2 Å². The topological polar surface area (TPSA) is 78.9 Å². The molecule has 1 saturated carbocycles. The summed E-state index contributed by atoms with van der Waals surface area (Å²) >= 11 is 1.54. The standard InChI is InChI=1S/C24H24FN5O2S/c1-31-20-13-9-17(10-14-20)23-27-28-24(30(23)19-5-3-2-4-6-19)33-15-21-26-22(29-32-21)16-7-11-18(25)12-8-16/h7-14,19H,2-6,15H2,1H3. The highest BCUT2D eigenvalue weighted by Gasteiger charge is 2.24. The number of benzene rings is 2. The second kappa shape index (κ2) is 9.74. The smallest absolute Gasteiger partial charge is 0.237 e. The molecule has 5 rings (SSSR count). The number of ether oxygens (including phenoxy) is 1. The summed E-state index contributed by atoms with van der Waals surface area (Å²) in [5.41, 5.74) is 1.72. The van der Waals surface area contributed by atoms with Gasteiger partial charge in [-0.3, -0.25) is 4.57 Å². The SMILES string of the molecule is COc1ccc(-c2nnc(SCc3nc(-c4ccc(F)cc4)no3)n2C2CCCCC2)cc1. The highest BCUT2D eigenvalue weighted by molar-refractivity contribution is 7.98. The lowest BCUT2D eigenvalue weighted by molar-refractivity contribution is 0.339. The molecule has 1 aliphatic rings. The number of hydrogen-bond acceptors (Lipinski definition) is 7. The van der Waals surface area contributed by atoms with Crippen molar-refractivity contribution in [2.75, 3.05) is 7.11 Å². The van der Waals surface area contributed by atoms with E-state index in [-0.39, 0.29) is 5.82 Å². The van der Waals surface area contributed by atoms with Crippen LogP contribution >= 0.6 is 11.8 Å². The third-order valence-corrected chi connectivity index (χ3v) is 6.78. The predicted octanol–water partition coefficient (Wildman–Crippen LogP) is 5.94. The summed E-state index contributed by atoms with van der Waals surface area (Å²) in [5, 5.41) is 13.9. The van der Waals surface area contributed by atoms with Gasteiger partial charge in [0.25, 0.3) is 0 Å². The summed E-state index contributed by atoms with van der Waals surface area (Å²) in [6.45, 7) is 0. The Morgan fingerprint density at radius 3 is 2.45 bits per heavy atom. The van der Waals surface area contributed by atoms with Crippen molar-refractivity contribution in [3.05, 3.63) is 60.2 Å². The molecule has 4 aromatic rings. The van der Waals surface area contributed by atoms with Gasteiger partial charge in [-0.15, -0.1) is 10.2 Å². The quantitative estimate of drug-likeness (QED) is 0.313. The summed E-state index contributed by atoms with van der Waals surface area (Å²) in [4.78, 5) is 4.46. The average molecular weight is 466 g/mol. The molecule has 2 aromatic carbocycles. The zero-order valence-corrected chi connectivity index (χ0v) is 19.1. The van der Waals surface area contributed by atoms with E-state index in [1.807, 2.05) is 24.3 Å². The van der Waals surface area contributed by atoms with E-state index in [0.717, 1.165) is 35.1 Å². The van der Waals surface area contributed by atoms with E-state index >= 15 is 0 Å². The van der Waals surface area contributed by atoms with Crippen LogP contribution in [0.1, 0.15) is 44.0 Å². The Morgan fingerprint density at radius 2 is 1.73 bits per heavy atom. The molecule has 0 unspecified atom stereocenters. The molecule has 0 radical (unpaired) electrons. The van der Waals surface area contributed by atoms with Crippen LogP contribution in [0.4, 0.5) is 4.39 Å². The lowest BCUT2D eigenvalue weighted by Gasteiger charge is -2.25. The Bertz CT molecular complexity index is 1200. The van der Waals surface area contributed by atoms with Gasteiger partial charge in [-0.05, 0) is 61.4 Å². The average Bonchev–Trinajstić information content (AvgIpc) is 3.51. The molecule has 9 heteroatoms. The zero-order chi connectivity index (χ0) is 22.6. The Labute approximate surface area is 195 Å². The Kier molecular flexibility index (Phi) is 6.39. The first-order valence-corrected chi connectivity index (χ1v) is 12.0. The van der Waals surface area contributed by atoms with Crippen molar-refractivity contribution in [3.8, 4) is 28.5 Å². The lowest BCUT2D eigenvalue weighted by Crippen LogP contribution is -2.15. The van der Waals surface area contributed by atoms with Crippen molar-refractivity contribution in [1.29, 1.82) is 0 Å². The van der Waals surface area contributed by atoms with Gasteiger partial charge >= 0.3 is 0 Å². The van der Waals surface area contributed by atoms with E-state index in [2.05, 4.69) is 24.9 Å². The first-order valence-electron chi connectivity index (χ1n) is 11.0. The van der Waals surface area contributed by atoms with Gasteiger partial charge in [0.1, 0.15) is 11.6 Å². The molecule has 2 aromatic heterocycles. The first kappa shape index (κ1) is 21.6. The molecule has 1 fully saturated rings. The van der Waals surface area contributed by atoms with Crippen molar-refractivity contribution in [2.24, 2.45) is 0 Å². The van der Waals surface area contributed by atoms with Crippen LogP contribution in [-0.2, 0) is 5.75 Å². The molecule has 0 atom stereocenters. The van der Waals surface area contributed by atoms with Crippen LogP contribution in [0.3, 0.4) is 0 Å². The molecule has 0 bridgehead atoms. The summed E-state index contributed by atoms with van der Waals surface area (Å²) in [6.07, 6.45) is 5.92. The van der Waals surface area contributed by atoms with Gasteiger partial charge < -0.3 is 9.26 Å². The molecular weight excluding hydrogens is 441 g/mol. The molecule has 0 spiro atoms. The molecule has 170 valence electrons. The molecule has 2 heterocycles. The maximum absolute atomic E-state index is 13.2. The van der Waals surface area contributed by atoms with Gasteiger partial charge in [-0.25, -0.2) is 4.39 Å². The van der Waals surface area contributed by atoms with Gasteiger partial charge in [0.05, 0.1) is 12.9 Å². The number of hydrogen-bond donors (Lipinski definition) is 0. The van der Waals surface area contributed by atoms with Crippen LogP contribution in [0.25, 0.3) is 22.8 Å². The molecule has 0 N–H and O–H groups in total. The second-order valence-electron chi connectivity index (χ2n) is 8.00. The number of rotatable bonds is 7. The van der Waals surface area contributed by atoms with Crippen LogP contribution in [0.15, 0.2) is 58.2 Å². The molecule has 0 saturated heterocycles. The molecular formula is C24H24FN5O2S. The van der Waals surface area contributed by atoms with E-state index < -0.39 is 0 Å². The summed E-state index contributed by atoms with van der Waals surface area (Å²) in [7, 11) is 1.66. The minimum absolute atomic E-state index is 0.298. The van der Waals surface area contributed by atoms with Gasteiger partial charge in [0.2, 0.25) is 11.7 Å². The number of halogens is 1. The molecule has 0 aliphatic heterocycles. The number of methoxy groups -OCH3 is 1. The van der Waals surface area contributed by atoms with E-state index in [1.54, 1.807) is 19.2 Å². The van der Waals surface area contributed by atoms with Gasteiger partial charge in [0.15, 0.2) is 11.0 Å². The van der Waals surface area contributed by atoms with Crippen LogP contribution in [0, 0.1) is 5.82 Å². The van der Waals surface area contributed by atoms with Crippen molar-refractivity contribution in [3.63, 3.8) is 0 Å². The predicted molar refractivity (Wildman–Crippen MR) is 123 cm³/mol. The van der Waals surface area contributed by atoms with Crippen LogP contribution in [0.5, 0.6) is 5.75 Å². The summed E-state index contributed by atoms with van der Waals surface area (Å²) in [6, 6.07) is 14.3. The fraction of sp³-hybridized carbons (Fsp3) is 0.333. The van der Waals surface area contributed by atoms with Crippen molar-refractivity contribution in [1.82, 2.24) is 24.9 Å². The van der Waals surface area contributed by atoms with Gasteiger partial charge in [0, 0.05) is 17.2 Å². The lowest BCUT2D eigenvalue weighted by atomic mass is 9.95. The maximum atomic E-state index is 13.2. The fourth-order valence-electron chi connectivity index (χ4n) is 4.14. The molecule has 33 heavy (non-hydrogen) atoms. The van der Waals surface area contributed by atoms with Crippen molar-refractivity contribution in [2.45, 2.75) is 49.1 Å². The summed E-state index contributed by atoms with van der Waals surface area (Å²) < 4.78 is 26.2. The van der Waals surface area contributed by atoms with Crippen LogP contribution in [-0.4, -0.2) is 32.0 Å². The highest BCUT2D eigenvalue weighted by Crippen LogP contribution is 2.36. The molecule has 1 aliphatic carbocycles. The Balaban J connectivity index is 1.38. The Hall–Kier alpha value is -3.20. The van der Waals surface area contributed by atoms with E-state index in [0.29, 0.717) is 29.1 Å². The highest BCUT2D eigenvalue weighted by atomic mass is 32.2. The van der Waals surface area contributed by atoms with Crippen molar-refractivity contribution < 1.29 is 13.7 Å². The van der Waals surface area contributed by atoms with Gasteiger partial charge in [-0.2, -0.15) is 4.98 Å². The summed E-state index contributed by atoms with van der Waals surface area (Å²) in [5.74, 6) is 2.78. The number of thioether (sulfide) groups is 1. The second-order valence-corrected chi connectivity index (χ2v) is 8.95. The minimum Gasteiger partial charge on any atom is -0.497 e. The maximum Gasteiger partial charge on any atom is 0.237 e. The van der Waals surface area contributed by atoms with Crippen LogP contribution in [0.2, 0.25) is 0 Å². The first-order chi connectivity index (χ1) is 16.2. The zero-order valence-electron chi connectivity index (χ0n) is 18.3. The minimum atomic E-state index is -0.298. The largest absolute Gasteiger partial charge is 0.497 e.